The Morgan fingerprint density at radius 2 is 1.00 bits per heavy atom. The molecule has 2 aromatic rings. The van der Waals surface area contributed by atoms with E-state index < -0.39 is 17.0 Å². The third-order valence-electron chi connectivity index (χ3n) is 1.84. The molecule has 2 rings (SSSR count). The molecule has 1 N–H and O–H groups in total. The molecule has 0 amide bonds. The normalized spacial score (nSPS) is 8.62. The van der Waals surface area contributed by atoms with Gasteiger partial charge in [-0.3, -0.25) is 0 Å². The van der Waals surface area contributed by atoms with E-state index in [0.717, 1.165) is 11.4 Å². The second-order valence-electron chi connectivity index (χ2n) is 2.93. The summed E-state index contributed by atoms with van der Waals surface area (Å²) >= 11 is -0.556. The van der Waals surface area contributed by atoms with Crippen LogP contribution >= 0.6 is 18.6 Å². The van der Waals surface area contributed by atoms with E-state index in [2.05, 4.69) is 5.32 Å². The molecule has 2 aromatic carbocycles. The van der Waals surface area contributed by atoms with E-state index in [9.17, 15) is 0 Å². The van der Waals surface area contributed by atoms with Crippen molar-refractivity contribution in [2.24, 2.45) is 0 Å². The summed E-state index contributed by atoms with van der Waals surface area (Å²) in [5.41, 5.74) is 2.24. The summed E-state index contributed by atoms with van der Waals surface area (Å²) < 4.78 is 0. The first kappa shape index (κ1) is 13.6. The third kappa shape index (κ3) is 5.57. The van der Waals surface area contributed by atoms with E-state index >= 15 is 0 Å². The van der Waals surface area contributed by atoms with Crippen LogP contribution in [-0.4, -0.2) is 0 Å². The molecule has 0 unspecified atom stereocenters. The van der Waals surface area contributed by atoms with Crippen LogP contribution in [0.2, 0.25) is 0 Å². The van der Waals surface area contributed by atoms with Crippen LogP contribution in [0.1, 0.15) is 0 Å². The van der Waals surface area contributed by atoms with Crippen LogP contribution < -0.4 is 5.32 Å². The van der Waals surface area contributed by atoms with Gasteiger partial charge in [0.15, 0.2) is 0 Å². The maximum absolute atomic E-state index is 4.89. The molecule has 0 aliphatic heterocycles. The Hall–Kier alpha value is -0.466. The van der Waals surface area contributed by atoms with Gasteiger partial charge in [-0.05, 0) is 24.3 Å². The first-order valence-electron chi connectivity index (χ1n) is 4.70. The molecule has 0 aliphatic rings. The third-order valence-corrected chi connectivity index (χ3v) is 1.84. The van der Waals surface area contributed by atoms with Crippen LogP contribution in [0, 0.1) is 0 Å². The van der Waals surface area contributed by atoms with Crippen molar-refractivity contribution in [1.29, 1.82) is 0 Å². The fourth-order valence-corrected chi connectivity index (χ4v) is 1.21. The Morgan fingerprint density at radius 3 is 1.31 bits per heavy atom. The molecule has 0 aliphatic carbocycles. The van der Waals surface area contributed by atoms with Crippen LogP contribution in [0.15, 0.2) is 60.7 Å². The average Bonchev–Trinajstić information content (AvgIpc) is 2.33. The SMILES string of the molecule is [Cl][Ti][Cl].c1ccc(Nc2ccccc2)cc1. The standard InChI is InChI=1S/C12H11N.2ClH.Ti/c1-3-7-11(8-4-1)13-12-9-5-2-6-10-12;;;/h1-10,13H;2*1H;/q;;;+2/p-2. The van der Waals surface area contributed by atoms with Crippen molar-refractivity contribution in [2.75, 3.05) is 5.32 Å². The summed E-state index contributed by atoms with van der Waals surface area (Å²) in [6.45, 7) is 0. The first-order valence-corrected chi connectivity index (χ1v) is 9.00. The predicted molar refractivity (Wildman–Crippen MR) is 67.9 cm³/mol. The van der Waals surface area contributed by atoms with Gasteiger partial charge in [-0.2, -0.15) is 0 Å². The van der Waals surface area contributed by atoms with Gasteiger partial charge in [0.25, 0.3) is 0 Å². The second-order valence-corrected chi connectivity index (χ2v) is 5.51. The van der Waals surface area contributed by atoms with Gasteiger partial charge in [-0.1, -0.05) is 36.4 Å². The Kier molecular flexibility index (Phi) is 7.36. The second kappa shape index (κ2) is 8.66. The molecule has 1 nitrogen and oxygen atoms in total. The minimum Gasteiger partial charge on any atom is -0.356 e. The number of hydrogen-bond acceptors (Lipinski definition) is 1. The van der Waals surface area contributed by atoms with Crippen molar-refractivity contribution < 1.29 is 17.0 Å². The molecule has 0 radical (unpaired) electrons. The fourth-order valence-electron chi connectivity index (χ4n) is 1.21. The summed E-state index contributed by atoms with van der Waals surface area (Å²) in [4.78, 5) is 0. The zero-order valence-electron chi connectivity index (χ0n) is 8.53. The van der Waals surface area contributed by atoms with E-state index in [1.54, 1.807) is 0 Å². The summed E-state index contributed by atoms with van der Waals surface area (Å²) in [5, 5.41) is 3.30. The number of rotatable bonds is 2. The Labute approximate surface area is 112 Å². The van der Waals surface area contributed by atoms with Crippen molar-refractivity contribution in [2.45, 2.75) is 0 Å². The van der Waals surface area contributed by atoms with Gasteiger partial charge in [0.1, 0.15) is 0 Å². The maximum Gasteiger partial charge on any atom is 0.0384 e. The van der Waals surface area contributed by atoms with Crippen LogP contribution in [0.25, 0.3) is 0 Å². The van der Waals surface area contributed by atoms with Crippen molar-refractivity contribution in [3.05, 3.63) is 60.7 Å². The smallest absolute Gasteiger partial charge is 0.0384 e. The van der Waals surface area contributed by atoms with E-state index in [1.807, 2.05) is 60.7 Å². The minimum absolute atomic E-state index is 0.556. The predicted octanol–water partition coefficient (Wildman–Crippen LogP) is 4.81. The number of nitrogens with one attached hydrogen (secondary N) is 1. The molecule has 16 heavy (non-hydrogen) atoms. The summed E-state index contributed by atoms with van der Waals surface area (Å²) in [7, 11) is 9.78. The molecule has 0 aromatic heterocycles. The van der Waals surface area contributed by atoms with E-state index in [0.29, 0.717) is 0 Å². The van der Waals surface area contributed by atoms with Gasteiger partial charge in [-0.25, -0.2) is 0 Å². The van der Waals surface area contributed by atoms with Crippen LogP contribution in [0.5, 0.6) is 0 Å². The quantitative estimate of drug-likeness (QED) is 0.782. The number of hydrogen-bond donors (Lipinski definition) is 1. The maximum atomic E-state index is 4.89. The van der Waals surface area contributed by atoms with Gasteiger partial charge in [0, 0.05) is 11.4 Å². The first-order chi connectivity index (χ1) is 7.86. The molecule has 0 atom stereocenters. The molecule has 4 heteroatoms. The number of halogens is 2. The van der Waals surface area contributed by atoms with Crippen molar-refractivity contribution in [1.82, 2.24) is 0 Å². The Morgan fingerprint density at radius 1 is 0.688 bits per heavy atom. The number of anilines is 2. The topological polar surface area (TPSA) is 12.0 Å². The van der Waals surface area contributed by atoms with Gasteiger partial charge in [0.05, 0.1) is 0 Å². The Balaban J connectivity index is 0.000000386. The minimum atomic E-state index is -0.556. The van der Waals surface area contributed by atoms with Gasteiger partial charge < -0.3 is 5.32 Å². The molecule has 0 saturated heterocycles. The molecule has 82 valence electrons. The molecule has 0 saturated carbocycles. The van der Waals surface area contributed by atoms with Crippen molar-refractivity contribution >= 4 is 30.0 Å². The van der Waals surface area contributed by atoms with E-state index in [1.165, 1.54) is 0 Å². The molecular weight excluding hydrogens is 277 g/mol. The largest absolute Gasteiger partial charge is 0.356 e. The monoisotopic (exact) mass is 287 g/mol. The van der Waals surface area contributed by atoms with Crippen LogP contribution in [0.4, 0.5) is 11.4 Å². The fraction of sp³-hybridized carbons (Fsp3) is 0. The van der Waals surface area contributed by atoms with Crippen LogP contribution in [0.3, 0.4) is 0 Å². The zero-order chi connectivity index (χ0) is 11.6. The zero-order valence-corrected chi connectivity index (χ0v) is 11.6. The van der Waals surface area contributed by atoms with Crippen molar-refractivity contribution in [3.8, 4) is 0 Å². The summed E-state index contributed by atoms with van der Waals surface area (Å²) in [6.07, 6.45) is 0. The number of para-hydroxylation sites is 2. The molecular formula is C12H11Cl2NTi. The molecule has 0 fully saturated rings. The van der Waals surface area contributed by atoms with Gasteiger partial charge in [0.2, 0.25) is 0 Å². The van der Waals surface area contributed by atoms with E-state index in [-0.39, 0.29) is 0 Å². The molecule has 0 heterocycles. The summed E-state index contributed by atoms with van der Waals surface area (Å²) in [5.74, 6) is 0. The Bertz CT molecular complexity index is 343. The summed E-state index contributed by atoms with van der Waals surface area (Å²) in [6, 6.07) is 20.3. The van der Waals surface area contributed by atoms with E-state index in [4.69, 9.17) is 18.6 Å². The van der Waals surface area contributed by atoms with Gasteiger partial charge in [-0.15, -0.1) is 0 Å². The number of benzene rings is 2. The molecule has 0 bridgehead atoms. The van der Waals surface area contributed by atoms with Crippen molar-refractivity contribution in [3.63, 3.8) is 0 Å². The average molecular weight is 288 g/mol. The van der Waals surface area contributed by atoms with Gasteiger partial charge >= 0.3 is 35.6 Å². The molecule has 0 spiro atoms. The van der Waals surface area contributed by atoms with Crippen LogP contribution in [-0.2, 0) is 17.0 Å².